The maximum absolute atomic E-state index is 12.7. The summed E-state index contributed by atoms with van der Waals surface area (Å²) in [5, 5.41) is 10.6. The van der Waals surface area contributed by atoms with Crippen LogP contribution in [-0.4, -0.2) is 84.1 Å². The van der Waals surface area contributed by atoms with Crippen molar-refractivity contribution in [3.8, 4) is 0 Å². The fourth-order valence-corrected chi connectivity index (χ4v) is 7.14. The van der Waals surface area contributed by atoms with Gasteiger partial charge < -0.3 is 40.3 Å². The summed E-state index contributed by atoms with van der Waals surface area (Å²) in [4.78, 5) is 57.3. The number of allylic oxidation sites excluding steroid dienone is 2. The molecule has 4 amide bonds. The molecule has 0 aliphatic carbocycles. The molecule has 0 fully saturated rings. The van der Waals surface area contributed by atoms with Gasteiger partial charge in [0.05, 0.1) is 37.4 Å². The normalized spacial score (nSPS) is 16.3. The first-order valence-electron chi connectivity index (χ1n) is 17.3. The van der Waals surface area contributed by atoms with Crippen LogP contribution in [0.1, 0.15) is 71.7 Å². The highest BCUT2D eigenvalue weighted by Crippen LogP contribution is 2.31. The average molecular weight is 797 g/mol. The molecule has 0 aromatic carbocycles. The zero-order valence-corrected chi connectivity index (χ0v) is 32.6. The highest BCUT2D eigenvalue weighted by molar-refractivity contribution is 7.85. The van der Waals surface area contributed by atoms with E-state index in [1.165, 1.54) is 6.08 Å². The Balaban J connectivity index is 1.75. The van der Waals surface area contributed by atoms with Crippen LogP contribution in [0.2, 0.25) is 0 Å². The molecule has 0 spiro atoms. The van der Waals surface area contributed by atoms with Gasteiger partial charge in [0.15, 0.2) is 0 Å². The summed E-state index contributed by atoms with van der Waals surface area (Å²) >= 11 is 0. The summed E-state index contributed by atoms with van der Waals surface area (Å²) in [5.41, 5.74) is 9.07. The Morgan fingerprint density at radius 3 is 1.53 bits per heavy atom. The Morgan fingerprint density at radius 2 is 1.11 bits per heavy atom. The Kier molecular flexibility index (Phi) is 13.5. The minimum atomic E-state index is -4.52. The molecule has 55 heavy (non-hydrogen) atoms. The van der Waals surface area contributed by atoms with Gasteiger partial charge in [0.1, 0.15) is 0 Å². The Morgan fingerprint density at radius 1 is 0.673 bits per heavy atom. The van der Waals surface area contributed by atoms with Crippen molar-refractivity contribution in [2.45, 2.75) is 59.8 Å². The molecule has 16 nitrogen and oxygen atoms in total. The predicted molar refractivity (Wildman–Crippen MR) is 204 cm³/mol. The minimum Gasteiger partial charge on any atom is -0.748 e. The average Bonchev–Trinajstić information content (AvgIpc) is 3.73. The highest BCUT2D eigenvalue weighted by atomic mass is 32.2. The van der Waals surface area contributed by atoms with E-state index in [9.17, 15) is 45.1 Å². The summed E-state index contributed by atoms with van der Waals surface area (Å²) in [6, 6.07) is 0. The topological polar surface area (TPSA) is 262 Å². The lowest BCUT2D eigenvalue weighted by Crippen LogP contribution is -2.29. The first-order chi connectivity index (χ1) is 25.7. The van der Waals surface area contributed by atoms with Crippen molar-refractivity contribution in [2.24, 2.45) is 0 Å². The first-order valence-corrected chi connectivity index (χ1v) is 20.4. The third-order valence-corrected chi connectivity index (χ3v) is 10.9. The zero-order chi connectivity index (χ0) is 40.8. The van der Waals surface area contributed by atoms with E-state index in [0.717, 1.165) is 22.3 Å². The van der Waals surface area contributed by atoms with Gasteiger partial charge in [0.25, 0.3) is 11.8 Å². The van der Waals surface area contributed by atoms with Crippen LogP contribution in [0.3, 0.4) is 0 Å². The molecule has 0 radical (unpaired) electrons. The maximum Gasteiger partial charge on any atom is 0.255 e. The maximum atomic E-state index is 12.7. The highest BCUT2D eigenvalue weighted by Gasteiger charge is 2.26. The van der Waals surface area contributed by atoms with Gasteiger partial charge in [-0.05, 0) is 80.5 Å². The molecule has 0 unspecified atom stereocenters. The van der Waals surface area contributed by atoms with Crippen LogP contribution in [0.15, 0.2) is 59.0 Å². The number of carbonyl (C=O) groups excluding carboxylic acids is 4. The van der Waals surface area contributed by atoms with Crippen LogP contribution in [-0.2, 0) is 58.7 Å². The van der Waals surface area contributed by atoms with E-state index < -0.39 is 43.6 Å². The van der Waals surface area contributed by atoms with Crippen LogP contribution in [0, 0.1) is 13.8 Å². The Bertz CT molecular complexity index is 2300. The summed E-state index contributed by atoms with van der Waals surface area (Å²) in [6.07, 6.45) is 7.18. The molecular weight excluding hydrogens is 753 g/mol. The van der Waals surface area contributed by atoms with Crippen molar-refractivity contribution in [2.75, 3.05) is 24.6 Å². The van der Waals surface area contributed by atoms with E-state index >= 15 is 0 Å². The van der Waals surface area contributed by atoms with Crippen LogP contribution < -0.4 is 21.3 Å². The van der Waals surface area contributed by atoms with Crippen LogP contribution in [0.4, 0.5) is 0 Å². The molecule has 2 aliphatic rings. The third-order valence-electron chi connectivity index (χ3n) is 9.49. The molecule has 0 saturated heterocycles. The smallest absolute Gasteiger partial charge is 0.255 e. The van der Waals surface area contributed by atoms with Crippen molar-refractivity contribution in [1.29, 1.82) is 0 Å². The van der Waals surface area contributed by atoms with Gasteiger partial charge in [0, 0.05) is 77.5 Å². The standard InChI is InChI=1S/C37H46N6O10S2/c1-7-24-23(6)36(46)43-31(24)18-29-22(5)27(10-12-35(45)39-14-16-55(51,52)53)33(41-29)19-32-26(9-11-34(44)38-13-15-54(48,49)50)21(4)28(40-32)17-30-20(3)25(8-2)37(47)42-30/h7-8,17-18,40-41H,1-2,9-16,19H2,3-6H3,(H,38,44)(H,39,45)(H,42,47)(H,43,46)(H,48,49,50)(H,51,52,53)/p-2/b30-17-,31-18-. The molecule has 296 valence electrons. The second-order valence-corrected chi connectivity index (χ2v) is 16.2. The molecule has 18 heteroatoms. The lowest BCUT2D eigenvalue weighted by molar-refractivity contribution is -0.121. The van der Waals surface area contributed by atoms with E-state index in [1.807, 2.05) is 13.8 Å². The predicted octanol–water partition coefficient (Wildman–Crippen LogP) is 1.68. The second kappa shape index (κ2) is 17.4. The van der Waals surface area contributed by atoms with Gasteiger partial charge in [-0.25, -0.2) is 16.8 Å². The number of aromatic amines is 2. The van der Waals surface area contributed by atoms with Crippen molar-refractivity contribution < 1.29 is 45.1 Å². The molecule has 0 bridgehead atoms. The number of nitrogens with one attached hydrogen (secondary N) is 6. The van der Waals surface area contributed by atoms with Crippen LogP contribution in [0.5, 0.6) is 0 Å². The zero-order valence-electron chi connectivity index (χ0n) is 31.0. The molecule has 4 heterocycles. The summed E-state index contributed by atoms with van der Waals surface area (Å²) in [7, 11) is -9.03. The lowest BCUT2D eigenvalue weighted by atomic mass is 9.98. The minimum absolute atomic E-state index is 0.0419. The number of rotatable bonds is 18. The molecular formula is C37H44N6O10S2-2. The van der Waals surface area contributed by atoms with Crippen LogP contribution >= 0.6 is 0 Å². The lowest BCUT2D eigenvalue weighted by Gasteiger charge is -2.10. The largest absolute Gasteiger partial charge is 0.748 e. The molecule has 0 atom stereocenters. The third kappa shape index (κ3) is 10.9. The van der Waals surface area contributed by atoms with E-state index in [-0.39, 0.29) is 57.0 Å². The number of hydrogen-bond acceptors (Lipinski definition) is 10. The Hall–Kier alpha value is -5.30. The van der Waals surface area contributed by atoms with Crippen molar-refractivity contribution >= 4 is 56.0 Å². The number of hydrogen-bond donors (Lipinski definition) is 6. The fourth-order valence-electron chi connectivity index (χ4n) is 6.43. The summed E-state index contributed by atoms with van der Waals surface area (Å²) in [5.74, 6) is -2.98. The molecule has 0 saturated carbocycles. The van der Waals surface area contributed by atoms with E-state index in [4.69, 9.17) is 0 Å². The SMILES string of the molecule is C=CC1=C(C)/C(=C/c2[nH]c(Cc3[nH]c(/C=C4\NC(=O)C(C)=C4C=C)c(C)c3CCC(=O)NCCS(=O)(=O)[O-])c(CCC(=O)NCCS(=O)(=O)[O-])c2C)NC1=O. The summed E-state index contributed by atoms with van der Waals surface area (Å²) in [6.45, 7) is 14.1. The van der Waals surface area contributed by atoms with E-state index in [1.54, 1.807) is 32.1 Å². The monoisotopic (exact) mass is 796 g/mol. The van der Waals surface area contributed by atoms with E-state index in [2.05, 4.69) is 44.4 Å². The number of aromatic nitrogens is 2. The summed E-state index contributed by atoms with van der Waals surface area (Å²) < 4.78 is 66.1. The van der Waals surface area contributed by atoms with Crippen molar-refractivity contribution in [1.82, 2.24) is 31.2 Å². The molecule has 2 aromatic heterocycles. The number of carbonyl (C=O) groups is 4. The number of amides is 4. The molecule has 2 aromatic rings. The van der Waals surface area contributed by atoms with Gasteiger partial charge in [-0.15, -0.1) is 0 Å². The van der Waals surface area contributed by atoms with Gasteiger partial charge in [-0.1, -0.05) is 25.3 Å². The van der Waals surface area contributed by atoms with Crippen molar-refractivity contribution in [3.63, 3.8) is 0 Å². The Labute approximate surface area is 319 Å². The quantitative estimate of drug-likeness (QED) is 0.119. The van der Waals surface area contributed by atoms with Gasteiger partial charge in [-0.2, -0.15) is 0 Å². The van der Waals surface area contributed by atoms with E-state index in [0.29, 0.717) is 56.5 Å². The van der Waals surface area contributed by atoms with Gasteiger partial charge >= 0.3 is 0 Å². The first kappa shape index (κ1) is 42.4. The second-order valence-electron chi connectivity index (χ2n) is 13.2. The van der Waals surface area contributed by atoms with Gasteiger partial charge in [0.2, 0.25) is 11.8 Å². The molecule has 6 N–H and O–H groups in total. The fraction of sp³-hybridized carbons (Fsp3) is 0.351. The van der Waals surface area contributed by atoms with Gasteiger partial charge in [-0.3, -0.25) is 19.2 Å². The molecule has 2 aliphatic heterocycles. The molecule has 4 rings (SSSR count). The van der Waals surface area contributed by atoms with Crippen molar-refractivity contribution in [3.05, 3.63) is 104 Å². The van der Waals surface area contributed by atoms with Crippen LogP contribution in [0.25, 0.3) is 12.2 Å². The number of H-pyrrole nitrogens is 2.